The van der Waals surface area contributed by atoms with Gasteiger partial charge in [-0.05, 0) is 38.5 Å². The molecule has 0 aliphatic carbocycles. The normalized spacial score (nSPS) is 11.9. The average molecular weight is 330 g/mol. The van der Waals surface area contributed by atoms with Gasteiger partial charge in [-0.25, -0.2) is 0 Å². The van der Waals surface area contributed by atoms with Gasteiger partial charge in [0.15, 0.2) is 0 Å². The van der Waals surface area contributed by atoms with E-state index in [-0.39, 0.29) is 5.41 Å². The molecule has 1 aromatic rings. The zero-order chi connectivity index (χ0) is 11.8. The third-order valence-electron chi connectivity index (χ3n) is 2.13. The molecule has 0 aromatic heterocycles. The molecular formula is C11H12BrCl3. The number of hydrogen-bond donors (Lipinski definition) is 0. The quantitative estimate of drug-likeness (QED) is 0.451. The summed E-state index contributed by atoms with van der Waals surface area (Å²) in [6, 6.07) is 1.87. The molecule has 0 spiro atoms. The van der Waals surface area contributed by atoms with Crippen LogP contribution < -0.4 is 0 Å². The summed E-state index contributed by atoms with van der Waals surface area (Å²) in [6.07, 6.45) is 0. The fourth-order valence-corrected chi connectivity index (χ4v) is 3.15. The Morgan fingerprint density at radius 2 is 1.73 bits per heavy atom. The van der Waals surface area contributed by atoms with Crippen LogP contribution in [0.3, 0.4) is 0 Å². The van der Waals surface area contributed by atoms with Crippen molar-refractivity contribution in [2.45, 2.75) is 32.1 Å². The highest BCUT2D eigenvalue weighted by atomic mass is 79.9. The van der Waals surface area contributed by atoms with E-state index >= 15 is 0 Å². The van der Waals surface area contributed by atoms with Gasteiger partial charge in [0.1, 0.15) is 0 Å². The summed E-state index contributed by atoms with van der Waals surface area (Å²) in [5, 5.41) is 1.34. The van der Waals surface area contributed by atoms with Gasteiger partial charge in [0, 0.05) is 10.4 Å². The lowest BCUT2D eigenvalue weighted by molar-refractivity contribution is 0.590. The first-order chi connectivity index (χ1) is 6.79. The maximum atomic E-state index is 6.28. The van der Waals surface area contributed by atoms with Gasteiger partial charge in [-0.3, -0.25) is 0 Å². The molecule has 0 nitrogen and oxygen atoms in total. The van der Waals surface area contributed by atoms with E-state index in [4.69, 9.17) is 34.8 Å². The standard InChI is InChI=1S/C11H12BrCl3/c1-11(2,3)8-9(14)6(5-13)4-7(12)10(8)15/h4H,5H2,1-3H3. The highest BCUT2D eigenvalue weighted by Crippen LogP contribution is 2.41. The highest BCUT2D eigenvalue weighted by Gasteiger charge is 2.24. The lowest BCUT2D eigenvalue weighted by Crippen LogP contribution is -2.14. The van der Waals surface area contributed by atoms with Crippen molar-refractivity contribution >= 4 is 50.7 Å². The predicted octanol–water partition coefficient (Wildman–Crippen LogP) is 5.79. The van der Waals surface area contributed by atoms with Gasteiger partial charge in [0.25, 0.3) is 0 Å². The Morgan fingerprint density at radius 3 is 2.13 bits per heavy atom. The lowest BCUT2D eigenvalue weighted by Gasteiger charge is -2.24. The van der Waals surface area contributed by atoms with Gasteiger partial charge in [-0.1, -0.05) is 44.0 Å². The fourth-order valence-electron chi connectivity index (χ4n) is 1.41. The molecule has 0 bridgehead atoms. The van der Waals surface area contributed by atoms with Crippen LogP contribution in [-0.4, -0.2) is 0 Å². The maximum Gasteiger partial charge on any atom is 0.0600 e. The van der Waals surface area contributed by atoms with Gasteiger partial charge in [-0.15, -0.1) is 11.6 Å². The van der Waals surface area contributed by atoms with E-state index in [0.29, 0.717) is 15.9 Å². The maximum absolute atomic E-state index is 6.28. The molecule has 0 radical (unpaired) electrons. The van der Waals surface area contributed by atoms with Crippen LogP contribution in [0.1, 0.15) is 31.9 Å². The van der Waals surface area contributed by atoms with E-state index in [9.17, 15) is 0 Å². The monoisotopic (exact) mass is 328 g/mol. The van der Waals surface area contributed by atoms with Crippen LogP contribution in [0.25, 0.3) is 0 Å². The molecule has 0 saturated carbocycles. The second-order valence-electron chi connectivity index (χ2n) is 4.40. The molecule has 0 unspecified atom stereocenters. The van der Waals surface area contributed by atoms with E-state index in [1.165, 1.54) is 0 Å². The first kappa shape index (κ1) is 13.6. The van der Waals surface area contributed by atoms with Crippen LogP contribution in [0.15, 0.2) is 10.5 Å². The minimum Gasteiger partial charge on any atom is -0.121 e. The van der Waals surface area contributed by atoms with Crippen molar-refractivity contribution in [2.75, 3.05) is 0 Å². The van der Waals surface area contributed by atoms with Gasteiger partial charge >= 0.3 is 0 Å². The van der Waals surface area contributed by atoms with E-state index < -0.39 is 0 Å². The number of benzene rings is 1. The zero-order valence-electron chi connectivity index (χ0n) is 8.80. The van der Waals surface area contributed by atoms with E-state index in [1.54, 1.807) is 0 Å². The van der Waals surface area contributed by atoms with Crippen LogP contribution in [0.2, 0.25) is 10.0 Å². The van der Waals surface area contributed by atoms with Crippen LogP contribution in [0.4, 0.5) is 0 Å². The fraction of sp³-hybridized carbons (Fsp3) is 0.455. The third-order valence-corrected chi connectivity index (χ3v) is 4.09. The van der Waals surface area contributed by atoms with Crippen molar-refractivity contribution in [2.24, 2.45) is 0 Å². The summed E-state index contributed by atoms with van der Waals surface area (Å²) >= 11 is 21.8. The van der Waals surface area contributed by atoms with E-state index in [1.807, 2.05) is 6.07 Å². The van der Waals surface area contributed by atoms with Crippen molar-refractivity contribution in [1.29, 1.82) is 0 Å². The first-order valence-electron chi connectivity index (χ1n) is 4.52. The summed E-state index contributed by atoms with van der Waals surface area (Å²) in [4.78, 5) is 0. The second kappa shape index (κ2) is 4.83. The molecule has 84 valence electrons. The van der Waals surface area contributed by atoms with Crippen molar-refractivity contribution in [3.05, 3.63) is 31.7 Å². The average Bonchev–Trinajstić information content (AvgIpc) is 2.09. The predicted molar refractivity (Wildman–Crippen MR) is 72.4 cm³/mol. The molecule has 1 rings (SSSR count). The molecule has 0 aliphatic heterocycles. The number of rotatable bonds is 1. The smallest absolute Gasteiger partial charge is 0.0600 e. The summed E-state index contributed by atoms with van der Waals surface area (Å²) in [5.41, 5.74) is 1.74. The SMILES string of the molecule is CC(C)(C)c1c(Cl)c(Br)cc(CCl)c1Cl. The minimum absolute atomic E-state index is 0.0985. The van der Waals surface area contributed by atoms with Crippen LogP contribution in [-0.2, 0) is 11.3 Å². The van der Waals surface area contributed by atoms with Gasteiger partial charge < -0.3 is 0 Å². The lowest BCUT2D eigenvalue weighted by atomic mass is 9.86. The third kappa shape index (κ3) is 2.82. The Hall–Kier alpha value is 0.570. The van der Waals surface area contributed by atoms with E-state index in [2.05, 4.69) is 36.7 Å². The summed E-state index contributed by atoms with van der Waals surface area (Å²) in [6.45, 7) is 6.22. The van der Waals surface area contributed by atoms with Gasteiger partial charge in [0.05, 0.1) is 10.0 Å². The molecular weight excluding hydrogens is 318 g/mol. The molecule has 15 heavy (non-hydrogen) atoms. The second-order valence-corrected chi connectivity index (χ2v) is 6.28. The molecule has 0 aliphatic rings. The number of hydrogen-bond acceptors (Lipinski definition) is 0. The molecule has 4 heteroatoms. The Morgan fingerprint density at radius 1 is 1.20 bits per heavy atom. The van der Waals surface area contributed by atoms with Crippen molar-refractivity contribution < 1.29 is 0 Å². The minimum atomic E-state index is -0.0985. The topological polar surface area (TPSA) is 0 Å². The molecule has 1 aromatic carbocycles. The molecule has 0 fully saturated rings. The van der Waals surface area contributed by atoms with Crippen LogP contribution >= 0.6 is 50.7 Å². The summed E-state index contributed by atoms with van der Waals surface area (Å²) in [7, 11) is 0. The Balaban J connectivity index is 3.55. The van der Waals surface area contributed by atoms with Gasteiger partial charge in [-0.2, -0.15) is 0 Å². The molecule has 0 amide bonds. The number of halogens is 4. The van der Waals surface area contributed by atoms with Crippen LogP contribution in [0, 0.1) is 0 Å². The van der Waals surface area contributed by atoms with Crippen molar-refractivity contribution in [1.82, 2.24) is 0 Å². The molecule has 0 atom stereocenters. The molecule has 0 N–H and O–H groups in total. The summed E-state index contributed by atoms with van der Waals surface area (Å²) in [5.74, 6) is 0.387. The Labute approximate surface area is 114 Å². The molecule has 0 saturated heterocycles. The first-order valence-corrected chi connectivity index (χ1v) is 6.60. The van der Waals surface area contributed by atoms with Crippen molar-refractivity contribution in [3.8, 4) is 0 Å². The highest BCUT2D eigenvalue weighted by molar-refractivity contribution is 9.10. The van der Waals surface area contributed by atoms with E-state index in [0.717, 1.165) is 15.6 Å². The Bertz CT molecular complexity index is 380. The molecule has 0 heterocycles. The van der Waals surface area contributed by atoms with Crippen molar-refractivity contribution in [3.63, 3.8) is 0 Å². The number of alkyl halides is 1. The Kier molecular flexibility index (Phi) is 4.39. The zero-order valence-corrected chi connectivity index (χ0v) is 12.7. The van der Waals surface area contributed by atoms with Crippen LogP contribution in [0.5, 0.6) is 0 Å². The van der Waals surface area contributed by atoms with Gasteiger partial charge in [0.2, 0.25) is 0 Å². The summed E-state index contributed by atoms with van der Waals surface area (Å²) < 4.78 is 0.842. The largest absolute Gasteiger partial charge is 0.121 e.